The van der Waals surface area contributed by atoms with Crippen molar-refractivity contribution in [3.8, 4) is 0 Å². The van der Waals surface area contributed by atoms with Crippen LogP contribution in [0.4, 0.5) is 11.5 Å². The summed E-state index contributed by atoms with van der Waals surface area (Å²) in [6, 6.07) is 10.5. The number of anilines is 1. The van der Waals surface area contributed by atoms with Crippen LogP contribution in [0, 0.1) is 17.0 Å². The lowest BCUT2D eigenvalue weighted by molar-refractivity contribution is -0.384. The van der Waals surface area contributed by atoms with Crippen molar-refractivity contribution in [3.05, 3.63) is 74.2 Å². The lowest BCUT2D eigenvalue weighted by atomic mass is 10.1. The third-order valence-corrected chi connectivity index (χ3v) is 3.59. The predicted molar refractivity (Wildman–Crippen MR) is 87.5 cm³/mol. The Bertz CT molecular complexity index is 949. The minimum Gasteiger partial charge on any atom is -0.360 e. The van der Waals surface area contributed by atoms with Gasteiger partial charge in [-0.25, -0.2) is 4.98 Å². The number of rotatable bonds is 4. The number of H-pyrrole nitrogens is 1. The molecule has 2 heterocycles. The monoisotopic (exact) mass is 310 g/mol. The van der Waals surface area contributed by atoms with Crippen LogP contribution in [0.2, 0.25) is 0 Å². The molecule has 1 aromatic carbocycles. The molecule has 23 heavy (non-hydrogen) atoms. The van der Waals surface area contributed by atoms with E-state index < -0.39 is 4.92 Å². The molecule has 0 radical (unpaired) electrons. The summed E-state index contributed by atoms with van der Waals surface area (Å²) in [5.74, 6) is 0.194. The molecular weight excluding hydrogens is 296 g/mol. The number of nitro groups is 1. The van der Waals surface area contributed by atoms with Gasteiger partial charge < -0.3 is 10.3 Å². The van der Waals surface area contributed by atoms with Gasteiger partial charge in [-0.3, -0.25) is 14.9 Å². The van der Waals surface area contributed by atoms with Crippen LogP contribution in [0.15, 0.2) is 47.4 Å². The zero-order chi connectivity index (χ0) is 16.4. The first-order valence-corrected chi connectivity index (χ1v) is 7.01. The van der Waals surface area contributed by atoms with Crippen LogP contribution in [0.3, 0.4) is 0 Å². The van der Waals surface area contributed by atoms with E-state index in [0.717, 1.165) is 16.5 Å². The minimum absolute atomic E-state index is 0.0540. The highest BCUT2D eigenvalue weighted by atomic mass is 16.6. The standard InChI is InChI=1S/C16H14N4O3/c1-10-6-7-17-16(15(10)20(22)23)18-9-11-8-14(21)19-13-5-3-2-4-12(11)13/h2-8H,9H2,1H3,(H,17,18)(H,19,21). The lowest BCUT2D eigenvalue weighted by Gasteiger charge is -2.09. The maximum absolute atomic E-state index is 11.7. The van der Waals surface area contributed by atoms with Gasteiger partial charge in [0, 0.05) is 35.3 Å². The molecule has 0 aliphatic rings. The molecule has 0 saturated carbocycles. The Morgan fingerprint density at radius 3 is 2.87 bits per heavy atom. The molecule has 0 unspecified atom stereocenters. The van der Waals surface area contributed by atoms with Crippen molar-refractivity contribution in [3.63, 3.8) is 0 Å². The van der Waals surface area contributed by atoms with E-state index in [4.69, 9.17) is 0 Å². The number of nitrogens with one attached hydrogen (secondary N) is 2. The number of aryl methyl sites for hydroxylation is 1. The lowest BCUT2D eigenvalue weighted by Crippen LogP contribution is -2.11. The first kappa shape index (κ1) is 14.7. The zero-order valence-electron chi connectivity index (χ0n) is 12.4. The smallest absolute Gasteiger partial charge is 0.314 e. The molecule has 2 aromatic heterocycles. The first-order chi connectivity index (χ1) is 11.1. The van der Waals surface area contributed by atoms with E-state index in [9.17, 15) is 14.9 Å². The normalized spacial score (nSPS) is 10.7. The molecule has 0 fully saturated rings. The summed E-state index contributed by atoms with van der Waals surface area (Å²) < 4.78 is 0. The van der Waals surface area contributed by atoms with E-state index in [-0.39, 0.29) is 23.6 Å². The molecule has 0 bridgehead atoms. The Kier molecular flexibility index (Phi) is 3.76. The van der Waals surface area contributed by atoms with Crippen molar-refractivity contribution in [2.24, 2.45) is 0 Å². The Morgan fingerprint density at radius 1 is 1.30 bits per heavy atom. The molecule has 3 rings (SSSR count). The average molecular weight is 310 g/mol. The number of hydrogen-bond acceptors (Lipinski definition) is 5. The molecule has 7 nitrogen and oxygen atoms in total. The SMILES string of the molecule is Cc1ccnc(NCc2cc(=O)[nH]c3ccccc23)c1[N+](=O)[O-]. The highest BCUT2D eigenvalue weighted by Gasteiger charge is 2.18. The fraction of sp³-hybridized carbons (Fsp3) is 0.125. The van der Waals surface area contributed by atoms with Crippen LogP contribution in [0.1, 0.15) is 11.1 Å². The molecule has 0 atom stereocenters. The summed E-state index contributed by atoms with van der Waals surface area (Å²) in [6.45, 7) is 1.93. The van der Waals surface area contributed by atoms with Crippen LogP contribution in [0.25, 0.3) is 10.9 Å². The van der Waals surface area contributed by atoms with Crippen LogP contribution < -0.4 is 10.9 Å². The highest BCUT2D eigenvalue weighted by Crippen LogP contribution is 2.26. The fourth-order valence-electron chi connectivity index (χ4n) is 2.51. The van der Waals surface area contributed by atoms with E-state index >= 15 is 0 Å². The van der Waals surface area contributed by atoms with E-state index in [1.807, 2.05) is 24.3 Å². The molecule has 7 heteroatoms. The number of hydrogen-bond donors (Lipinski definition) is 2. The van der Waals surface area contributed by atoms with Gasteiger partial charge in [0.1, 0.15) is 0 Å². The second-order valence-electron chi connectivity index (χ2n) is 5.14. The van der Waals surface area contributed by atoms with Crippen molar-refractivity contribution in [1.82, 2.24) is 9.97 Å². The van der Waals surface area contributed by atoms with E-state index in [1.54, 1.807) is 13.0 Å². The van der Waals surface area contributed by atoms with Crippen molar-refractivity contribution in [1.29, 1.82) is 0 Å². The largest absolute Gasteiger partial charge is 0.360 e. The Labute approximate surface area is 131 Å². The van der Waals surface area contributed by atoms with Gasteiger partial charge in [0.15, 0.2) is 0 Å². The van der Waals surface area contributed by atoms with Crippen LogP contribution in [-0.4, -0.2) is 14.9 Å². The summed E-state index contributed by atoms with van der Waals surface area (Å²) in [5.41, 5.74) is 1.74. The van der Waals surface area contributed by atoms with Gasteiger partial charge >= 0.3 is 5.69 Å². The second-order valence-corrected chi connectivity index (χ2v) is 5.14. The minimum atomic E-state index is -0.458. The van der Waals surface area contributed by atoms with Gasteiger partial charge in [0.2, 0.25) is 11.4 Å². The van der Waals surface area contributed by atoms with E-state index in [1.165, 1.54) is 12.3 Å². The van der Waals surface area contributed by atoms with Crippen LogP contribution >= 0.6 is 0 Å². The van der Waals surface area contributed by atoms with Crippen LogP contribution in [0.5, 0.6) is 0 Å². The van der Waals surface area contributed by atoms with Crippen molar-refractivity contribution < 1.29 is 4.92 Å². The van der Waals surface area contributed by atoms with Gasteiger partial charge in [0.05, 0.1) is 4.92 Å². The van der Waals surface area contributed by atoms with Gasteiger partial charge in [-0.2, -0.15) is 0 Å². The number of aromatic nitrogens is 2. The zero-order valence-corrected chi connectivity index (χ0v) is 12.4. The van der Waals surface area contributed by atoms with Gasteiger partial charge in [-0.1, -0.05) is 18.2 Å². The molecule has 116 valence electrons. The van der Waals surface area contributed by atoms with Crippen LogP contribution in [-0.2, 0) is 6.54 Å². The third kappa shape index (κ3) is 2.89. The molecule has 0 amide bonds. The number of fused-ring (bicyclic) bond motifs is 1. The van der Waals surface area contributed by atoms with Crippen molar-refractivity contribution in [2.45, 2.75) is 13.5 Å². The Balaban J connectivity index is 1.98. The molecule has 0 spiro atoms. The average Bonchev–Trinajstić information content (AvgIpc) is 2.52. The maximum atomic E-state index is 11.7. The molecule has 0 aliphatic carbocycles. The van der Waals surface area contributed by atoms with E-state index in [0.29, 0.717) is 5.56 Å². The topological polar surface area (TPSA) is 101 Å². The predicted octanol–water partition coefficient (Wildman–Crippen LogP) is 2.75. The van der Waals surface area contributed by atoms with E-state index in [2.05, 4.69) is 15.3 Å². The quantitative estimate of drug-likeness (QED) is 0.570. The molecule has 0 aliphatic heterocycles. The third-order valence-electron chi connectivity index (χ3n) is 3.59. The molecule has 2 N–H and O–H groups in total. The summed E-state index contributed by atoms with van der Waals surface area (Å²) in [7, 11) is 0. The molecule has 0 saturated heterocycles. The Hall–Kier alpha value is -3.22. The van der Waals surface area contributed by atoms with Gasteiger partial charge in [-0.05, 0) is 24.6 Å². The number of aromatic amines is 1. The molecule has 3 aromatic rings. The van der Waals surface area contributed by atoms with Gasteiger partial charge in [0.25, 0.3) is 0 Å². The number of para-hydroxylation sites is 1. The highest BCUT2D eigenvalue weighted by molar-refractivity contribution is 5.82. The maximum Gasteiger partial charge on any atom is 0.314 e. The molecular formula is C16H14N4O3. The van der Waals surface area contributed by atoms with Crippen molar-refractivity contribution >= 4 is 22.4 Å². The van der Waals surface area contributed by atoms with Gasteiger partial charge in [-0.15, -0.1) is 0 Å². The second kappa shape index (κ2) is 5.88. The van der Waals surface area contributed by atoms with Crippen molar-refractivity contribution in [2.75, 3.05) is 5.32 Å². The summed E-state index contributed by atoms with van der Waals surface area (Å²) in [4.78, 5) is 29.3. The number of pyridine rings is 2. The summed E-state index contributed by atoms with van der Waals surface area (Å²) in [6.07, 6.45) is 1.51. The first-order valence-electron chi connectivity index (χ1n) is 7.01. The summed E-state index contributed by atoms with van der Waals surface area (Å²) >= 11 is 0. The Morgan fingerprint density at radius 2 is 2.09 bits per heavy atom. The number of benzene rings is 1. The number of nitrogens with zero attached hydrogens (tertiary/aromatic N) is 2. The summed E-state index contributed by atoms with van der Waals surface area (Å²) in [5, 5.41) is 15.0. The fourth-order valence-corrected chi connectivity index (χ4v) is 2.51.